The van der Waals surface area contributed by atoms with Crippen molar-refractivity contribution in [3.05, 3.63) is 29.6 Å². The van der Waals surface area contributed by atoms with Crippen molar-refractivity contribution in [2.45, 2.75) is 13.8 Å². The number of benzene rings is 1. The molecule has 0 aliphatic rings. The average Bonchev–Trinajstić information content (AvgIpc) is 2.46. The summed E-state index contributed by atoms with van der Waals surface area (Å²) in [6, 6.07) is 3.81. The summed E-state index contributed by atoms with van der Waals surface area (Å²) < 4.78 is 18.4. The van der Waals surface area contributed by atoms with E-state index >= 15 is 0 Å². The fraction of sp³-hybridized carbons (Fsp3) is 0.467. The third-order valence-corrected chi connectivity index (χ3v) is 3.02. The Bertz CT molecular complexity index is 506. The fourth-order valence-electron chi connectivity index (χ4n) is 1.92. The molecule has 116 valence electrons. The van der Waals surface area contributed by atoms with Crippen LogP contribution in [0.1, 0.15) is 24.2 Å². The molecule has 1 N–H and O–H groups in total. The van der Waals surface area contributed by atoms with Crippen molar-refractivity contribution in [2.24, 2.45) is 0 Å². The highest BCUT2D eigenvalue weighted by molar-refractivity contribution is 6.00. The first-order valence-corrected chi connectivity index (χ1v) is 6.87. The number of carbonyl (C=O) groups is 2. The number of carbonyl (C=O) groups excluding carboxylic acids is 2. The summed E-state index contributed by atoms with van der Waals surface area (Å²) in [5.41, 5.74) is 0.187. The Morgan fingerprint density at radius 1 is 1.29 bits per heavy atom. The summed E-state index contributed by atoms with van der Waals surface area (Å²) in [4.78, 5) is 25.5. The van der Waals surface area contributed by atoms with E-state index in [1.807, 2.05) is 13.8 Å². The SMILES string of the molecule is CCNC(=O)CN(CC)CC(=O)c1cc(F)ccc1OC. The van der Waals surface area contributed by atoms with Gasteiger partial charge in [-0.25, -0.2) is 4.39 Å². The number of hydrogen-bond acceptors (Lipinski definition) is 4. The van der Waals surface area contributed by atoms with Crippen LogP contribution in [0.25, 0.3) is 0 Å². The van der Waals surface area contributed by atoms with Gasteiger partial charge in [-0.1, -0.05) is 6.92 Å². The molecule has 0 spiro atoms. The fourth-order valence-corrected chi connectivity index (χ4v) is 1.92. The van der Waals surface area contributed by atoms with Crippen LogP contribution in [0, 0.1) is 5.82 Å². The largest absolute Gasteiger partial charge is 0.496 e. The van der Waals surface area contributed by atoms with Crippen molar-refractivity contribution >= 4 is 11.7 Å². The third-order valence-electron chi connectivity index (χ3n) is 3.02. The third kappa shape index (κ3) is 5.15. The van der Waals surface area contributed by atoms with E-state index in [0.717, 1.165) is 6.07 Å². The Morgan fingerprint density at radius 3 is 2.57 bits per heavy atom. The highest BCUT2D eigenvalue weighted by atomic mass is 19.1. The number of halogens is 1. The minimum absolute atomic E-state index is 0.0352. The summed E-state index contributed by atoms with van der Waals surface area (Å²) >= 11 is 0. The van der Waals surface area contributed by atoms with E-state index in [0.29, 0.717) is 18.8 Å². The van der Waals surface area contributed by atoms with Gasteiger partial charge in [-0.2, -0.15) is 0 Å². The zero-order chi connectivity index (χ0) is 15.8. The van der Waals surface area contributed by atoms with Gasteiger partial charge >= 0.3 is 0 Å². The normalized spacial score (nSPS) is 10.5. The second-order valence-electron chi connectivity index (χ2n) is 4.52. The first-order valence-electron chi connectivity index (χ1n) is 6.87. The molecule has 0 unspecified atom stereocenters. The van der Waals surface area contributed by atoms with Crippen molar-refractivity contribution in [3.8, 4) is 5.75 Å². The molecular weight excluding hydrogens is 275 g/mol. The lowest BCUT2D eigenvalue weighted by Gasteiger charge is -2.19. The van der Waals surface area contributed by atoms with Crippen molar-refractivity contribution in [1.29, 1.82) is 0 Å². The first kappa shape index (κ1) is 17.1. The van der Waals surface area contributed by atoms with Crippen LogP contribution in [-0.4, -0.2) is 49.9 Å². The molecule has 0 aliphatic heterocycles. The van der Waals surface area contributed by atoms with Gasteiger partial charge < -0.3 is 10.1 Å². The number of hydrogen-bond donors (Lipinski definition) is 1. The molecule has 1 amide bonds. The molecule has 0 saturated carbocycles. The number of Topliss-reactive ketones (excluding diaryl/α,β-unsaturated/α-hetero) is 1. The molecule has 0 fully saturated rings. The van der Waals surface area contributed by atoms with Gasteiger partial charge in [-0.3, -0.25) is 14.5 Å². The molecular formula is C15H21FN2O3. The van der Waals surface area contributed by atoms with E-state index < -0.39 is 5.82 Å². The van der Waals surface area contributed by atoms with Gasteiger partial charge in [0, 0.05) is 6.54 Å². The molecule has 0 radical (unpaired) electrons. The predicted octanol–water partition coefficient (Wildman–Crippen LogP) is 1.47. The highest BCUT2D eigenvalue weighted by Gasteiger charge is 2.18. The summed E-state index contributed by atoms with van der Waals surface area (Å²) in [5, 5.41) is 2.68. The van der Waals surface area contributed by atoms with Crippen LogP contribution in [-0.2, 0) is 4.79 Å². The van der Waals surface area contributed by atoms with Crippen LogP contribution in [0.2, 0.25) is 0 Å². The summed E-state index contributed by atoms with van der Waals surface area (Å²) in [5.74, 6) is -0.586. The maximum Gasteiger partial charge on any atom is 0.234 e. The maximum atomic E-state index is 13.3. The summed E-state index contributed by atoms with van der Waals surface area (Å²) in [7, 11) is 1.43. The van der Waals surface area contributed by atoms with Crippen LogP contribution >= 0.6 is 0 Å². The van der Waals surface area contributed by atoms with Crippen LogP contribution in [0.4, 0.5) is 4.39 Å². The van der Waals surface area contributed by atoms with Gasteiger partial charge in [-0.05, 0) is 31.7 Å². The van der Waals surface area contributed by atoms with Gasteiger partial charge in [0.15, 0.2) is 5.78 Å². The Labute approximate surface area is 124 Å². The van der Waals surface area contributed by atoms with Crippen molar-refractivity contribution in [3.63, 3.8) is 0 Å². The van der Waals surface area contributed by atoms with Crippen LogP contribution in [0.3, 0.4) is 0 Å². The molecule has 1 aromatic carbocycles. The van der Waals surface area contributed by atoms with E-state index in [-0.39, 0.29) is 30.3 Å². The second-order valence-corrected chi connectivity index (χ2v) is 4.52. The van der Waals surface area contributed by atoms with Gasteiger partial charge in [0.2, 0.25) is 5.91 Å². The molecule has 6 heteroatoms. The van der Waals surface area contributed by atoms with E-state index in [1.165, 1.54) is 19.2 Å². The number of ketones is 1. The standard InChI is InChI=1S/C15H21FN2O3/c1-4-17-15(20)10-18(5-2)9-13(19)12-8-11(16)6-7-14(12)21-3/h6-8H,4-5,9-10H2,1-3H3,(H,17,20). The van der Waals surface area contributed by atoms with Crippen LogP contribution in [0.15, 0.2) is 18.2 Å². The van der Waals surface area contributed by atoms with Gasteiger partial charge in [0.05, 0.1) is 25.8 Å². The Morgan fingerprint density at radius 2 is 2.00 bits per heavy atom. The molecule has 1 rings (SSSR count). The number of rotatable bonds is 8. The van der Waals surface area contributed by atoms with Crippen LogP contribution in [0.5, 0.6) is 5.75 Å². The first-order chi connectivity index (χ1) is 10.0. The Balaban J connectivity index is 2.78. The molecule has 0 saturated heterocycles. The van der Waals surface area contributed by atoms with E-state index in [2.05, 4.69) is 5.32 Å². The number of methoxy groups -OCH3 is 1. The number of nitrogens with one attached hydrogen (secondary N) is 1. The molecule has 0 aromatic heterocycles. The molecule has 5 nitrogen and oxygen atoms in total. The molecule has 1 aromatic rings. The van der Waals surface area contributed by atoms with Crippen molar-refractivity contribution < 1.29 is 18.7 Å². The zero-order valence-electron chi connectivity index (χ0n) is 12.6. The number of amides is 1. The monoisotopic (exact) mass is 296 g/mol. The topological polar surface area (TPSA) is 58.6 Å². The van der Waals surface area contributed by atoms with Gasteiger partial charge in [0.25, 0.3) is 0 Å². The zero-order valence-corrected chi connectivity index (χ0v) is 12.6. The van der Waals surface area contributed by atoms with E-state index in [1.54, 1.807) is 4.90 Å². The predicted molar refractivity (Wildman–Crippen MR) is 78.1 cm³/mol. The van der Waals surface area contributed by atoms with Gasteiger partial charge in [-0.15, -0.1) is 0 Å². The highest BCUT2D eigenvalue weighted by Crippen LogP contribution is 2.20. The lowest BCUT2D eigenvalue weighted by molar-refractivity contribution is -0.121. The van der Waals surface area contributed by atoms with Crippen molar-refractivity contribution in [1.82, 2.24) is 10.2 Å². The Hall–Kier alpha value is -1.95. The minimum Gasteiger partial charge on any atom is -0.496 e. The molecule has 0 bridgehead atoms. The van der Waals surface area contributed by atoms with Crippen molar-refractivity contribution in [2.75, 3.05) is 33.3 Å². The maximum absolute atomic E-state index is 13.3. The molecule has 0 atom stereocenters. The molecule has 21 heavy (non-hydrogen) atoms. The minimum atomic E-state index is -0.495. The Kier molecular flexibility index (Phi) is 6.81. The quantitative estimate of drug-likeness (QED) is 0.738. The lowest BCUT2D eigenvalue weighted by atomic mass is 10.1. The van der Waals surface area contributed by atoms with E-state index in [9.17, 15) is 14.0 Å². The number of likely N-dealkylation sites (N-methyl/N-ethyl adjacent to an activating group) is 2. The van der Waals surface area contributed by atoms with Crippen LogP contribution < -0.4 is 10.1 Å². The molecule has 0 aliphatic carbocycles. The van der Waals surface area contributed by atoms with Gasteiger partial charge in [0.1, 0.15) is 11.6 Å². The number of nitrogens with zero attached hydrogens (tertiary/aromatic N) is 1. The second kappa shape index (κ2) is 8.36. The summed E-state index contributed by atoms with van der Waals surface area (Å²) in [6.45, 7) is 4.94. The molecule has 0 heterocycles. The number of ether oxygens (including phenoxy) is 1. The lowest BCUT2D eigenvalue weighted by Crippen LogP contribution is -2.39. The average molecular weight is 296 g/mol. The van der Waals surface area contributed by atoms with E-state index in [4.69, 9.17) is 4.74 Å². The summed E-state index contributed by atoms with van der Waals surface area (Å²) in [6.07, 6.45) is 0. The smallest absolute Gasteiger partial charge is 0.234 e.